The summed E-state index contributed by atoms with van der Waals surface area (Å²) < 4.78 is 56.4. The number of esters is 1. The summed E-state index contributed by atoms with van der Waals surface area (Å²) in [5.74, 6) is -1.24. The number of hydrogen-bond donors (Lipinski definition) is 1. The zero-order valence-corrected chi connectivity index (χ0v) is 17.3. The molecule has 11 heteroatoms. The zero-order valence-electron chi connectivity index (χ0n) is 17.3. The average Bonchev–Trinajstić information content (AvgIpc) is 2.78. The van der Waals surface area contributed by atoms with Crippen molar-refractivity contribution in [3.05, 3.63) is 59.7 Å². The minimum absolute atomic E-state index is 0.102. The lowest BCUT2D eigenvalue weighted by Gasteiger charge is -2.13. The Morgan fingerprint density at radius 2 is 1.88 bits per heavy atom. The monoisotopic (exact) mass is 464 g/mol. The first kappa shape index (κ1) is 25.1. The summed E-state index contributed by atoms with van der Waals surface area (Å²) in [5, 5.41) is 10.9. The van der Waals surface area contributed by atoms with Crippen LogP contribution in [0.1, 0.15) is 11.1 Å². The maximum absolute atomic E-state index is 12.4. The van der Waals surface area contributed by atoms with Crippen molar-refractivity contribution >= 4 is 18.0 Å². The molecule has 0 saturated carbocycles. The van der Waals surface area contributed by atoms with Crippen molar-refractivity contribution in [2.75, 3.05) is 20.3 Å². The van der Waals surface area contributed by atoms with Gasteiger partial charge in [-0.3, -0.25) is 4.79 Å². The smallest absolute Gasteiger partial charge is 0.493 e. The Hall–Kier alpha value is -4.20. The van der Waals surface area contributed by atoms with Crippen LogP contribution in [-0.2, 0) is 20.9 Å². The molecule has 0 unspecified atom stereocenters. The Balaban J connectivity index is 1.85. The summed E-state index contributed by atoms with van der Waals surface area (Å²) in [4.78, 5) is 23.7. The number of methoxy groups -OCH3 is 1. The molecule has 0 spiro atoms. The fraction of sp³-hybridized carbons (Fsp3) is 0.227. The summed E-state index contributed by atoms with van der Waals surface area (Å²) in [6.45, 7) is -1.03. The van der Waals surface area contributed by atoms with Crippen molar-refractivity contribution in [3.63, 3.8) is 0 Å². The fourth-order valence-corrected chi connectivity index (χ4v) is 2.49. The molecule has 0 aliphatic heterocycles. The van der Waals surface area contributed by atoms with Crippen molar-refractivity contribution in [2.45, 2.75) is 12.9 Å². The number of hydrogen-bond acceptors (Lipinski definition) is 7. The average molecular weight is 464 g/mol. The summed E-state index contributed by atoms with van der Waals surface area (Å²) in [5.41, 5.74) is 0.671. The minimum Gasteiger partial charge on any atom is -0.493 e. The van der Waals surface area contributed by atoms with Gasteiger partial charge in [-0.15, -0.1) is 13.2 Å². The highest BCUT2D eigenvalue weighted by molar-refractivity contribution is 5.89. The Morgan fingerprint density at radius 3 is 2.58 bits per heavy atom. The molecule has 1 N–H and O–H groups in total. The van der Waals surface area contributed by atoms with Crippen molar-refractivity contribution < 1.29 is 41.7 Å². The molecule has 0 aliphatic carbocycles. The SMILES string of the molecule is COc1cc(/C=C/C(=O)OCC(=O)NCc2ccccc2OC(F)(F)F)ccc1OCC#N. The predicted molar refractivity (Wildman–Crippen MR) is 109 cm³/mol. The molecule has 33 heavy (non-hydrogen) atoms. The number of nitrogens with zero attached hydrogens (tertiary/aromatic N) is 1. The van der Waals surface area contributed by atoms with Crippen LogP contribution in [0.25, 0.3) is 6.08 Å². The third kappa shape index (κ3) is 8.82. The van der Waals surface area contributed by atoms with Gasteiger partial charge >= 0.3 is 12.3 Å². The van der Waals surface area contributed by atoms with Gasteiger partial charge in [0.1, 0.15) is 11.8 Å². The highest BCUT2D eigenvalue weighted by Gasteiger charge is 2.32. The largest absolute Gasteiger partial charge is 0.573 e. The third-order valence-corrected chi connectivity index (χ3v) is 3.91. The number of alkyl halides is 3. The van der Waals surface area contributed by atoms with Crippen molar-refractivity contribution in [1.82, 2.24) is 5.32 Å². The summed E-state index contributed by atoms with van der Waals surface area (Å²) in [7, 11) is 1.42. The topological polar surface area (TPSA) is 107 Å². The molecule has 174 valence electrons. The normalized spacial score (nSPS) is 10.9. The number of benzene rings is 2. The van der Waals surface area contributed by atoms with Gasteiger partial charge in [-0.05, 0) is 29.8 Å². The maximum Gasteiger partial charge on any atom is 0.573 e. The fourth-order valence-electron chi connectivity index (χ4n) is 2.49. The molecule has 2 aromatic rings. The lowest BCUT2D eigenvalue weighted by atomic mass is 10.2. The van der Waals surface area contributed by atoms with Crippen LogP contribution in [0.2, 0.25) is 0 Å². The molecular formula is C22H19F3N2O6. The van der Waals surface area contributed by atoms with Crippen molar-refractivity contribution in [1.29, 1.82) is 5.26 Å². The van der Waals surface area contributed by atoms with Crippen molar-refractivity contribution in [3.8, 4) is 23.3 Å². The Labute approximate surface area is 187 Å². The molecule has 1 amide bonds. The van der Waals surface area contributed by atoms with Crippen LogP contribution < -0.4 is 19.5 Å². The molecule has 2 rings (SSSR count). The van der Waals surface area contributed by atoms with Crippen LogP contribution in [0, 0.1) is 11.3 Å². The second-order valence-corrected chi connectivity index (χ2v) is 6.23. The van der Waals surface area contributed by atoms with Gasteiger partial charge in [0.2, 0.25) is 0 Å². The van der Waals surface area contributed by atoms with E-state index in [4.69, 9.17) is 19.5 Å². The molecule has 0 aliphatic rings. The molecule has 0 radical (unpaired) electrons. The third-order valence-electron chi connectivity index (χ3n) is 3.91. The molecule has 0 heterocycles. The molecule has 0 bridgehead atoms. The van der Waals surface area contributed by atoms with Gasteiger partial charge < -0.3 is 24.3 Å². The van der Waals surface area contributed by atoms with E-state index in [2.05, 4.69) is 10.1 Å². The highest BCUT2D eigenvalue weighted by Crippen LogP contribution is 2.28. The van der Waals surface area contributed by atoms with Gasteiger partial charge in [0.15, 0.2) is 24.7 Å². The van der Waals surface area contributed by atoms with Gasteiger partial charge in [-0.1, -0.05) is 24.3 Å². The Bertz CT molecular complexity index is 1050. The first-order valence-electron chi connectivity index (χ1n) is 9.35. The van der Waals surface area contributed by atoms with Crippen LogP contribution in [0.5, 0.6) is 17.2 Å². The van der Waals surface area contributed by atoms with E-state index in [1.165, 1.54) is 31.4 Å². The molecule has 0 atom stereocenters. The van der Waals surface area contributed by atoms with E-state index in [0.717, 1.165) is 12.1 Å². The van der Waals surface area contributed by atoms with Gasteiger partial charge in [-0.2, -0.15) is 5.26 Å². The molecule has 8 nitrogen and oxygen atoms in total. The van der Waals surface area contributed by atoms with Gasteiger partial charge in [0, 0.05) is 18.2 Å². The standard InChI is InChI=1S/C22H19F3N2O6/c1-30-19-12-15(6-8-18(19)31-11-10-26)7-9-21(29)32-14-20(28)27-13-16-4-2-3-5-17(16)33-22(23,24)25/h2-9,12H,11,13-14H2,1H3,(H,27,28)/b9-7+. The Morgan fingerprint density at radius 1 is 1.12 bits per heavy atom. The van der Waals surface area contributed by atoms with Crippen LogP contribution in [0.4, 0.5) is 13.2 Å². The van der Waals surface area contributed by atoms with Crippen LogP contribution in [0.15, 0.2) is 48.5 Å². The van der Waals surface area contributed by atoms with E-state index in [1.807, 2.05) is 6.07 Å². The number of amides is 1. The van der Waals surface area contributed by atoms with E-state index in [-0.39, 0.29) is 18.7 Å². The van der Waals surface area contributed by atoms with Crippen LogP contribution >= 0.6 is 0 Å². The van der Waals surface area contributed by atoms with Crippen molar-refractivity contribution in [2.24, 2.45) is 0 Å². The first-order valence-corrected chi connectivity index (χ1v) is 9.35. The Kier molecular flexibility index (Phi) is 9.11. The van der Waals surface area contributed by atoms with E-state index < -0.39 is 30.6 Å². The lowest BCUT2D eigenvalue weighted by molar-refractivity contribution is -0.274. The number of ether oxygens (including phenoxy) is 4. The van der Waals surface area contributed by atoms with E-state index in [0.29, 0.717) is 17.1 Å². The minimum atomic E-state index is -4.87. The molecule has 0 fully saturated rings. The van der Waals surface area contributed by atoms with Crippen LogP contribution in [0.3, 0.4) is 0 Å². The number of carbonyl (C=O) groups excluding carboxylic acids is 2. The van der Waals surface area contributed by atoms with Gasteiger partial charge in [0.05, 0.1) is 7.11 Å². The number of halogens is 3. The first-order chi connectivity index (χ1) is 15.7. The zero-order chi connectivity index (χ0) is 24.3. The quantitative estimate of drug-likeness (QED) is 0.424. The number of rotatable bonds is 10. The number of nitriles is 1. The summed E-state index contributed by atoms with van der Waals surface area (Å²) in [6.07, 6.45) is -2.36. The van der Waals surface area contributed by atoms with E-state index in [9.17, 15) is 22.8 Å². The second-order valence-electron chi connectivity index (χ2n) is 6.23. The predicted octanol–water partition coefficient (Wildman–Crippen LogP) is 3.37. The summed E-state index contributed by atoms with van der Waals surface area (Å²) in [6, 6.07) is 11.9. The number of carbonyl (C=O) groups is 2. The highest BCUT2D eigenvalue weighted by atomic mass is 19.4. The van der Waals surface area contributed by atoms with E-state index in [1.54, 1.807) is 18.2 Å². The van der Waals surface area contributed by atoms with Crippen LogP contribution in [-0.4, -0.2) is 38.6 Å². The molecule has 2 aromatic carbocycles. The maximum atomic E-state index is 12.4. The second kappa shape index (κ2) is 12.0. The number of nitrogens with one attached hydrogen (secondary N) is 1. The number of para-hydroxylation sites is 1. The molecule has 0 saturated heterocycles. The summed E-state index contributed by atoms with van der Waals surface area (Å²) >= 11 is 0. The van der Waals surface area contributed by atoms with E-state index >= 15 is 0 Å². The lowest BCUT2D eigenvalue weighted by Crippen LogP contribution is -2.28. The molecule has 0 aromatic heterocycles. The van der Waals surface area contributed by atoms with Gasteiger partial charge in [-0.25, -0.2) is 4.79 Å². The van der Waals surface area contributed by atoms with Gasteiger partial charge in [0.25, 0.3) is 5.91 Å². The molecular weight excluding hydrogens is 445 g/mol.